The monoisotopic (exact) mass is 230 g/mol. The highest BCUT2D eigenvalue weighted by atomic mass is 15.2. The highest BCUT2D eigenvalue weighted by molar-refractivity contribution is 5.38. The third-order valence-corrected chi connectivity index (χ3v) is 4.47. The summed E-state index contributed by atoms with van der Waals surface area (Å²) in [6.45, 7) is 6.87. The van der Waals surface area contributed by atoms with Gasteiger partial charge in [-0.05, 0) is 29.4 Å². The molecule has 1 aliphatic heterocycles. The first-order valence-electron chi connectivity index (χ1n) is 6.67. The number of nitrogens with zero attached hydrogens (tertiary/aromatic N) is 1. The van der Waals surface area contributed by atoms with Crippen molar-refractivity contribution in [3.63, 3.8) is 0 Å². The lowest BCUT2D eigenvalue weighted by Gasteiger charge is -2.47. The van der Waals surface area contributed by atoms with E-state index in [1.807, 2.05) is 0 Å². The Morgan fingerprint density at radius 2 is 1.94 bits per heavy atom. The van der Waals surface area contributed by atoms with Crippen LogP contribution in [0.4, 0.5) is 0 Å². The molecule has 0 amide bonds. The van der Waals surface area contributed by atoms with E-state index in [2.05, 4.69) is 43.0 Å². The predicted octanol–water partition coefficient (Wildman–Crippen LogP) is 2.44. The van der Waals surface area contributed by atoms with Gasteiger partial charge in [-0.2, -0.15) is 0 Å². The molecule has 0 saturated carbocycles. The summed E-state index contributed by atoms with van der Waals surface area (Å²) in [7, 11) is 0. The zero-order valence-electron chi connectivity index (χ0n) is 10.8. The van der Waals surface area contributed by atoms with Gasteiger partial charge in [-0.1, -0.05) is 38.1 Å². The van der Waals surface area contributed by atoms with Crippen LogP contribution in [0.3, 0.4) is 0 Å². The van der Waals surface area contributed by atoms with E-state index in [9.17, 15) is 0 Å². The Morgan fingerprint density at radius 3 is 2.65 bits per heavy atom. The van der Waals surface area contributed by atoms with Crippen molar-refractivity contribution in [1.29, 1.82) is 0 Å². The van der Waals surface area contributed by atoms with Crippen LogP contribution in [0.15, 0.2) is 24.3 Å². The van der Waals surface area contributed by atoms with Crippen LogP contribution in [0, 0.1) is 0 Å². The average molecular weight is 230 g/mol. The molecule has 92 valence electrons. The number of benzene rings is 1. The molecule has 1 aliphatic carbocycles. The summed E-state index contributed by atoms with van der Waals surface area (Å²) in [4.78, 5) is 2.54. The van der Waals surface area contributed by atoms with Crippen molar-refractivity contribution < 1.29 is 0 Å². The van der Waals surface area contributed by atoms with E-state index in [4.69, 9.17) is 5.73 Å². The maximum Gasteiger partial charge on any atom is 0.0352 e. The number of hydrogen-bond acceptors (Lipinski definition) is 2. The van der Waals surface area contributed by atoms with Crippen LogP contribution in [-0.4, -0.2) is 24.0 Å². The number of fused-ring (bicyclic) bond motifs is 1. The zero-order chi connectivity index (χ0) is 12.0. The number of hydrogen-bond donors (Lipinski definition) is 1. The minimum Gasteiger partial charge on any atom is -0.325 e. The molecule has 1 heterocycles. The largest absolute Gasteiger partial charge is 0.325 e. The van der Waals surface area contributed by atoms with Crippen LogP contribution in [0.1, 0.15) is 43.9 Å². The number of rotatable bonds is 1. The smallest absolute Gasteiger partial charge is 0.0352 e. The Morgan fingerprint density at radius 1 is 1.24 bits per heavy atom. The molecule has 1 atom stereocenters. The summed E-state index contributed by atoms with van der Waals surface area (Å²) < 4.78 is 0. The van der Waals surface area contributed by atoms with Crippen molar-refractivity contribution >= 4 is 0 Å². The van der Waals surface area contributed by atoms with E-state index >= 15 is 0 Å². The Kier molecular flexibility index (Phi) is 2.53. The van der Waals surface area contributed by atoms with Gasteiger partial charge in [0.2, 0.25) is 0 Å². The van der Waals surface area contributed by atoms with E-state index in [1.54, 1.807) is 0 Å². The van der Waals surface area contributed by atoms with Crippen molar-refractivity contribution in [2.45, 2.75) is 44.2 Å². The molecule has 2 heteroatoms. The molecule has 1 fully saturated rings. The van der Waals surface area contributed by atoms with Crippen molar-refractivity contribution in [2.75, 3.05) is 13.1 Å². The van der Waals surface area contributed by atoms with Crippen LogP contribution in [0.25, 0.3) is 0 Å². The van der Waals surface area contributed by atoms with E-state index in [-0.39, 0.29) is 0 Å². The van der Waals surface area contributed by atoms with Crippen molar-refractivity contribution in [3.05, 3.63) is 35.4 Å². The molecule has 2 N–H and O–H groups in total. The third kappa shape index (κ3) is 1.80. The fourth-order valence-corrected chi connectivity index (χ4v) is 3.37. The fourth-order valence-electron chi connectivity index (χ4n) is 3.37. The normalized spacial score (nSPS) is 28.5. The maximum absolute atomic E-state index is 5.91. The van der Waals surface area contributed by atoms with Crippen LogP contribution in [-0.2, 0) is 5.41 Å². The van der Waals surface area contributed by atoms with E-state index in [1.165, 1.54) is 24.0 Å². The summed E-state index contributed by atoms with van der Waals surface area (Å²) in [5.74, 6) is 0. The van der Waals surface area contributed by atoms with Gasteiger partial charge >= 0.3 is 0 Å². The Labute approximate surface area is 104 Å². The first-order chi connectivity index (χ1) is 8.08. The highest BCUT2D eigenvalue weighted by Gasteiger charge is 2.38. The van der Waals surface area contributed by atoms with Gasteiger partial charge in [0.1, 0.15) is 0 Å². The van der Waals surface area contributed by atoms with Gasteiger partial charge in [0.15, 0.2) is 0 Å². The standard InChI is InChI=1S/C15H22N2/c1-15(2)8-7-14(17-9-11(16)10-17)12-5-3-4-6-13(12)15/h3-6,11,14H,7-10,16H2,1-2H3. The van der Waals surface area contributed by atoms with E-state index < -0.39 is 0 Å². The minimum atomic E-state index is 0.333. The second-order valence-electron chi connectivity index (χ2n) is 6.24. The van der Waals surface area contributed by atoms with Crippen LogP contribution < -0.4 is 5.73 Å². The van der Waals surface area contributed by atoms with Crippen molar-refractivity contribution in [3.8, 4) is 0 Å². The van der Waals surface area contributed by atoms with Gasteiger partial charge in [-0.3, -0.25) is 4.90 Å². The molecule has 0 radical (unpaired) electrons. The molecule has 17 heavy (non-hydrogen) atoms. The summed E-state index contributed by atoms with van der Waals surface area (Å²) in [6.07, 6.45) is 2.55. The lowest BCUT2D eigenvalue weighted by atomic mass is 9.70. The quantitative estimate of drug-likeness (QED) is 0.803. The molecule has 1 aromatic rings. The fraction of sp³-hybridized carbons (Fsp3) is 0.600. The first kappa shape index (κ1) is 11.2. The highest BCUT2D eigenvalue weighted by Crippen LogP contribution is 2.44. The molecule has 1 aromatic carbocycles. The molecule has 0 spiro atoms. The van der Waals surface area contributed by atoms with E-state index in [0.717, 1.165) is 13.1 Å². The molecule has 0 bridgehead atoms. The maximum atomic E-state index is 5.91. The molecule has 2 nitrogen and oxygen atoms in total. The Balaban J connectivity index is 1.94. The topological polar surface area (TPSA) is 29.3 Å². The molecule has 1 saturated heterocycles. The van der Waals surface area contributed by atoms with Gasteiger partial charge in [0, 0.05) is 25.2 Å². The van der Waals surface area contributed by atoms with Gasteiger partial charge in [-0.25, -0.2) is 0 Å². The van der Waals surface area contributed by atoms with Crippen LogP contribution in [0.2, 0.25) is 0 Å². The van der Waals surface area contributed by atoms with Crippen molar-refractivity contribution in [2.24, 2.45) is 5.73 Å². The summed E-state index contributed by atoms with van der Waals surface area (Å²) in [5, 5.41) is 0. The first-order valence-corrected chi connectivity index (χ1v) is 6.67. The molecule has 2 aliphatic rings. The molecule has 0 aromatic heterocycles. The summed E-state index contributed by atoms with van der Waals surface area (Å²) in [6, 6.07) is 9.97. The SMILES string of the molecule is CC1(C)CCC(N2CC(N)C2)c2ccccc21. The van der Waals surface area contributed by atoms with Crippen LogP contribution in [0.5, 0.6) is 0 Å². The molecular formula is C15H22N2. The lowest BCUT2D eigenvalue weighted by Crippen LogP contribution is -2.57. The van der Waals surface area contributed by atoms with Gasteiger partial charge in [0.05, 0.1) is 0 Å². The van der Waals surface area contributed by atoms with Crippen LogP contribution >= 0.6 is 0 Å². The zero-order valence-corrected chi connectivity index (χ0v) is 10.8. The van der Waals surface area contributed by atoms with E-state index in [0.29, 0.717) is 17.5 Å². The summed E-state index contributed by atoms with van der Waals surface area (Å²) in [5.41, 5.74) is 9.32. The van der Waals surface area contributed by atoms with Gasteiger partial charge < -0.3 is 5.73 Å². The second kappa shape index (κ2) is 3.82. The second-order valence-corrected chi connectivity index (χ2v) is 6.24. The summed E-state index contributed by atoms with van der Waals surface area (Å²) >= 11 is 0. The Hall–Kier alpha value is -0.860. The predicted molar refractivity (Wildman–Crippen MR) is 71.0 cm³/mol. The lowest BCUT2D eigenvalue weighted by molar-refractivity contribution is 0.0764. The van der Waals surface area contributed by atoms with Gasteiger partial charge in [0.25, 0.3) is 0 Å². The number of likely N-dealkylation sites (tertiary alicyclic amines) is 1. The Bertz CT molecular complexity index is 419. The third-order valence-electron chi connectivity index (χ3n) is 4.47. The average Bonchev–Trinajstić information content (AvgIpc) is 2.26. The number of nitrogens with two attached hydrogens (primary N) is 1. The molecule has 1 unspecified atom stereocenters. The molecule has 3 rings (SSSR count). The van der Waals surface area contributed by atoms with Gasteiger partial charge in [-0.15, -0.1) is 0 Å². The minimum absolute atomic E-state index is 0.333. The molecular weight excluding hydrogens is 208 g/mol. The van der Waals surface area contributed by atoms with Crippen molar-refractivity contribution in [1.82, 2.24) is 4.90 Å².